The van der Waals surface area contributed by atoms with Crippen LogP contribution in [-0.2, 0) is 18.2 Å². The minimum atomic E-state index is -4.66. The van der Waals surface area contributed by atoms with E-state index in [1.807, 2.05) is 14.1 Å². The van der Waals surface area contributed by atoms with E-state index in [1.165, 1.54) is 4.90 Å². The Morgan fingerprint density at radius 2 is 1.23 bits per heavy atom. The quantitative estimate of drug-likeness (QED) is 0.352. The molecule has 0 aliphatic heterocycles. The molecule has 10 nitrogen and oxygen atoms in total. The molecule has 0 bridgehead atoms. The van der Waals surface area contributed by atoms with E-state index >= 15 is 0 Å². The van der Waals surface area contributed by atoms with Crippen molar-refractivity contribution in [1.82, 2.24) is 9.80 Å². The maximum Gasteiger partial charge on any atom is 0.470 e. The largest absolute Gasteiger partial charge is 0.470 e. The van der Waals surface area contributed by atoms with Crippen molar-refractivity contribution < 1.29 is 37.8 Å². The Morgan fingerprint density at radius 3 is 1.55 bits per heavy atom. The molecule has 4 N–H and O–H groups in total. The van der Waals surface area contributed by atoms with E-state index in [1.54, 1.807) is 0 Å². The third-order valence-corrected chi connectivity index (χ3v) is 4.60. The van der Waals surface area contributed by atoms with Gasteiger partial charge in [-0.05, 0) is 39.8 Å². The number of phosphoric ester groups is 2. The highest BCUT2D eigenvalue weighted by Crippen LogP contribution is 2.39. The molecule has 0 unspecified atom stereocenters. The van der Waals surface area contributed by atoms with Crippen molar-refractivity contribution in [1.29, 1.82) is 0 Å². The fraction of sp³-hybridized carbons (Fsp3) is 1.00. The predicted octanol–water partition coefficient (Wildman–Crippen LogP) is 0.295. The third kappa shape index (κ3) is 8.12. The van der Waals surface area contributed by atoms with Gasteiger partial charge in [0, 0.05) is 12.1 Å². The lowest BCUT2D eigenvalue weighted by molar-refractivity contribution is -0.0181. The molecule has 0 aromatic rings. The molecule has 0 atom stereocenters. The molecule has 22 heavy (non-hydrogen) atoms. The minimum absolute atomic E-state index is 0.116. The van der Waals surface area contributed by atoms with Crippen LogP contribution in [0.2, 0.25) is 0 Å². The summed E-state index contributed by atoms with van der Waals surface area (Å²) in [4.78, 5) is 38.6. The highest BCUT2D eigenvalue weighted by Gasteiger charge is 2.30. The fourth-order valence-corrected chi connectivity index (χ4v) is 3.08. The van der Waals surface area contributed by atoms with Gasteiger partial charge in [-0.3, -0.25) is 13.9 Å². The monoisotopic (exact) mass is 362 g/mol. The molecule has 132 valence electrons. The van der Waals surface area contributed by atoms with Crippen molar-refractivity contribution in [3.05, 3.63) is 0 Å². The molecule has 0 heterocycles. The lowest BCUT2D eigenvalue weighted by Gasteiger charge is -2.38. The second-order valence-corrected chi connectivity index (χ2v) is 7.99. The number of hydrogen-bond acceptors (Lipinski definition) is 6. The Hall–Kier alpha value is 0.140. The number of rotatable bonds is 8. The van der Waals surface area contributed by atoms with Crippen LogP contribution in [0.3, 0.4) is 0 Å². The van der Waals surface area contributed by atoms with Crippen molar-refractivity contribution in [2.75, 3.05) is 27.6 Å². The van der Waals surface area contributed by atoms with Gasteiger partial charge in [0.1, 0.15) is 13.5 Å². The first-order chi connectivity index (χ1) is 9.98. The van der Waals surface area contributed by atoms with Gasteiger partial charge in [0.05, 0.1) is 0 Å². The van der Waals surface area contributed by atoms with E-state index in [-0.39, 0.29) is 6.04 Å². The van der Waals surface area contributed by atoms with Crippen LogP contribution in [0.25, 0.3) is 0 Å². The number of nitrogens with zero attached hydrogens (tertiary/aromatic N) is 2. The first-order valence-electron chi connectivity index (χ1n) is 6.78. The summed E-state index contributed by atoms with van der Waals surface area (Å²) in [6, 6.07) is 0.304. The zero-order valence-electron chi connectivity index (χ0n) is 12.6. The summed E-state index contributed by atoms with van der Waals surface area (Å²) in [6.45, 7) is -0.914. The predicted molar refractivity (Wildman–Crippen MR) is 77.6 cm³/mol. The molecule has 0 saturated heterocycles. The van der Waals surface area contributed by atoms with Gasteiger partial charge >= 0.3 is 15.6 Å². The maximum atomic E-state index is 10.8. The number of hydrogen-bond donors (Lipinski definition) is 4. The molecule has 1 aliphatic rings. The Kier molecular flexibility index (Phi) is 7.62. The average Bonchev–Trinajstić information content (AvgIpc) is 2.36. The Labute approximate surface area is 129 Å². The standard InChI is InChI=1S/C10H24N2O8P2/c1-11(2)9-3-5-10(6-4-9)12(7-19-21(13,14)15)8-20-22(16,17)18/h9-10H,3-8H2,1-2H3,(H2,13,14,15)(H2,16,17,18). The van der Waals surface area contributed by atoms with Gasteiger partial charge in [-0.25, -0.2) is 9.13 Å². The van der Waals surface area contributed by atoms with Crippen LogP contribution in [0.4, 0.5) is 0 Å². The highest BCUT2D eigenvalue weighted by molar-refractivity contribution is 7.46. The summed E-state index contributed by atoms with van der Waals surface area (Å²) in [5, 5.41) is 0. The molecular weight excluding hydrogens is 338 g/mol. The van der Waals surface area contributed by atoms with Crippen molar-refractivity contribution >= 4 is 15.6 Å². The number of phosphoric acid groups is 2. The summed E-state index contributed by atoms with van der Waals surface area (Å²) in [5.41, 5.74) is 0. The minimum Gasteiger partial charge on any atom is -0.306 e. The van der Waals surface area contributed by atoms with E-state index in [2.05, 4.69) is 13.9 Å². The van der Waals surface area contributed by atoms with E-state index in [4.69, 9.17) is 19.6 Å². The van der Waals surface area contributed by atoms with E-state index in [9.17, 15) is 9.13 Å². The highest BCUT2D eigenvalue weighted by atomic mass is 31.2. The van der Waals surface area contributed by atoms with E-state index in [0.717, 1.165) is 25.7 Å². The van der Waals surface area contributed by atoms with E-state index in [0.29, 0.717) is 6.04 Å². The summed E-state index contributed by atoms with van der Waals surface area (Å²) < 4.78 is 30.5. The van der Waals surface area contributed by atoms with Gasteiger partial charge in [0.25, 0.3) is 0 Å². The molecule has 1 saturated carbocycles. The van der Waals surface area contributed by atoms with Crippen LogP contribution in [0.1, 0.15) is 25.7 Å². The average molecular weight is 362 g/mol. The van der Waals surface area contributed by atoms with E-state index < -0.39 is 29.1 Å². The summed E-state index contributed by atoms with van der Waals surface area (Å²) >= 11 is 0. The van der Waals surface area contributed by atoms with Crippen molar-refractivity contribution in [3.63, 3.8) is 0 Å². The molecular formula is C10H24N2O8P2. The van der Waals surface area contributed by atoms with Gasteiger partial charge in [-0.15, -0.1) is 0 Å². The molecule has 0 spiro atoms. The first kappa shape index (κ1) is 20.2. The zero-order chi connectivity index (χ0) is 17.0. The summed E-state index contributed by atoms with van der Waals surface area (Å²) in [7, 11) is -5.36. The van der Waals surface area contributed by atoms with Gasteiger partial charge in [0.2, 0.25) is 0 Å². The molecule has 0 radical (unpaired) electrons. The molecule has 0 amide bonds. The molecule has 1 rings (SSSR count). The lowest BCUT2D eigenvalue weighted by atomic mass is 9.90. The Morgan fingerprint density at radius 1 is 0.864 bits per heavy atom. The fourth-order valence-electron chi connectivity index (χ4n) is 2.49. The van der Waals surface area contributed by atoms with Gasteiger partial charge < -0.3 is 24.5 Å². The second kappa shape index (κ2) is 8.30. The van der Waals surface area contributed by atoms with Crippen LogP contribution in [0, 0.1) is 0 Å². The smallest absolute Gasteiger partial charge is 0.306 e. The molecule has 0 aromatic carbocycles. The van der Waals surface area contributed by atoms with Crippen LogP contribution in [0.5, 0.6) is 0 Å². The van der Waals surface area contributed by atoms with Crippen LogP contribution >= 0.6 is 15.6 Å². The third-order valence-electron chi connectivity index (χ3n) is 3.70. The topological polar surface area (TPSA) is 140 Å². The molecule has 12 heteroatoms. The summed E-state index contributed by atoms with van der Waals surface area (Å²) in [6.07, 6.45) is 3.19. The SMILES string of the molecule is CN(C)C1CCC(N(COP(=O)(O)O)COP(=O)(O)O)CC1. The van der Waals surface area contributed by atoms with Gasteiger partial charge in [-0.2, -0.15) is 0 Å². The van der Waals surface area contributed by atoms with Crippen molar-refractivity contribution in [2.24, 2.45) is 0 Å². The van der Waals surface area contributed by atoms with Crippen LogP contribution in [-0.4, -0.2) is 69.0 Å². The van der Waals surface area contributed by atoms with Gasteiger partial charge in [-0.1, -0.05) is 0 Å². The summed E-state index contributed by atoms with van der Waals surface area (Å²) in [5.74, 6) is 0. The Bertz CT molecular complexity index is 403. The van der Waals surface area contributed by atoms with Crippen LogP contribution < -0.4 is 0 Å². The molecule has 0 aromatic heterocycles. The van der Waals surface area contributed by atoms with Gasteiger partial charge in [0.15, 0.2) is 0 Å². The first-order valence-corrected chi connectivity index (χ1v) is 9.84. The van der Waals surface area contributed by atoms with Crippen molar-refractivity contribution in [3.8, 4) is 0 Å². The Balaban J connectivity index is 2.61. The van der Waals surface area contributed by atoms with Crippen molar-refractivity contribution in [2.45, 2.75) is 37.8 Å². The second-order valence-electron chi connectivity index (χ2n) is 5.51. The normalized spacial score (nSPS) is 24.2. The van der Waals surface area contributed by atoms with Crippen LogP contribution in [0.15, 0.2) is 0 Å². The molecule has 1 fully saturated rings. The molecule has 1 aliphatic carbocycles. The lowest BCUT2D eigenvalue weighted by Crippen LogP contribution is -2.43. The zero-order valence-corrected chi connectivity index (χ0v) is 14.4. The maximum absolute atomic E-state index is 10.8.